The Morgan fingerprint density at radius 2 is 1.70 bits per heavy atom. The molecule has 0 bridgehead atoms. The quantitative estimate of drug-likeness (QED) is 0.360. The average Bonchev–Trinajstić information content (AvgIpc) is 3.20. The number of nitrogens with zero attached hydrogens (tertiary/aromatic N) is 4. The largest absolute Gasteiger partial charge is 0.330 e. The number of pyridine rings is 1. The zero-order valence-corrected chi connectivity index (χ0v) is 19.6. The number of nitrogens with two attached hydrogens (primary N) is 1. The molecule has 0 fully saturated rings. The summed E-state index contributed by atoms with van der Waals surface area (Å²) in [6.45, 7) is 4.40. The first-order valence-corrected chi connectivity index (χ1v) is 12.5. The predicted molar refractivity (Wildman–Crippen MR) is 130 cm³/mol. The minimum absolute atomic E-state index is 0.240. The van der Waals surface area contributed by atoms with E-state index in [1.807, 2.05) is 37.3 Å². The van der Waals surface area contributed by atoms with Crippen molar-refractivity contribution in [1.82, 2.24) is 18.8 Å². The van der Waals surface area contributed by atoms with E-state index in [4.69, 9.17) is 10.7 Å². The Balaban J connectivity index is 1.75. The SMILES string of the molecule is Cc1cccnc1CN(CCCCN)Cc1nc2ccccc2n1S(=O)(=O)c1ccccc1. The predicted octanol–water partition coefficient (Wildman–Crippen LogP) is 3.72. The molecule has 8 heteroatoms. The van der Waals surface area contributed by atoms with Gasteiger partial charge in [0.25, 0.3) is 10.0 Å². The smallest absolute Gasteiger partial charge is 0.269 e. The van der Waals surface area contributed by atoms with E-state index in [2.05, 4.69) is 9.88 Å². The second-order valence-electron chi connectivity index (χ2n) is 8.07. The molecule has 4 rings (SSSR count). The Kier molecular flexibility index (Phi) is 7.17. The van der Waals surface area contributed by atoms with Crippen LogP contribution in [0.5, 0.6) is 0 Å². The van der Waals surface area contributed by atoms with Gasteiger partial charge in [0.05, 0.1) is 28.2 Å². The van der Waals surface area contributed by atoms with Crippen molar-refractivity contribution in [2.75, 3.05) is 13.1 Å². The standard InChI is InChI=1S/C25H29N5O2S/c1-20-10-9-16-27-23(20)18-29(17-8-7-15-26)19-25-28-22-13-5-6-14-24(22)30(25)33(31,32)21-11-3-2-4-12-21/h2-6,9-14,16H,7-8,15,17-19,26H2,1H3. The molecule has 172 valence electrons. The number of unbranched alkanes of at least 4 members (excludes halogenated alkanes) is 1. The summed E-state index contributed by atoms with van der Waals surface area (Å²) in [5, 5.41) is 0. The molecule has 0 aliphatic carbocycles. The Bertz CT molecular complexity index is 1320. The van der Waals surface area contributed by atoms with Gasteiger partial charge in [-0.15, -0.1) is 0 Å². The molecule has 2 aromatic carbocycles. The van der Waals surface area contributed by atoms with Crippen LogP contribution < -0.4 is 5.73 Å². The minimum atomic E-state index is -3.81. The molecule has 0 unspecified atom stereocenters. The van der Waals surface area contributed by atoms with Crippen LogP contribution in [0.3, 0.4) is 0 Å². The minimum Gasteiger partial charge on any atom is -0.330 e. The van der Waals surface area contributed by atoms with Gasteiger partial charge >= 0.3 is 0 Å². The van der Waals surface area contributed by atoms with E-state index in [1.54, 1.807) is 42.6 Å². The molecule has 0 spiro atoms. The number of aryl methyl sites for hydroxylation is 1. The molecule has 2 aromatic heterocycles. The number of imidazole rings is 1. The summed E-state index contributed by atoms with van der Waals surface area (Å²) in [5.74, 6) is 0.487. The third-order valence-electron chi connectivity index (χ3n) is 5.65. The maximum Gasteiger partial charge on any atom is 0.269 e. The lowest BCUT2D eigenvalue weighted by Gasteiger charge is -2.23. The van der Waals surface area contributed by atoms with Crippen molar-refractivity contribution in [3.63, 3.8) is 0 Å². The molecule has 0 aliphatic heterocycles. The van der Waals surface area contributed by atoms with Gasteiger partial charge in [-0.3, -0.25) is 9.88 Å². The normalized spacial score (nSPS) is 12.0. The highest BCUT2D eigenvalue weighted by atomic mass is 32.2. The molecule has 33 heavy (non-hydrogen) atoms. The van der Waals surface area contributed by atoms with E-state index >= 15 is 0 Å². The van der Waals surface area contributed by atoms with E-state index in [1.165, 1.54) is 3.97 Å². The number of fused-ring (bicyclic) bond motifs is 1. The summed E-state index contributed by atoms with van der Waals surface area (Å²) in [6, 6.07) is 19.8. The first-order valence-electron chi connectivity index (χ1n) is 11.1. The van der Waals surface area contributed by atoms with Crippen LogP contribution in [0, 0.1) is 6.92 Å². The Labute approximate surface area is 195 Å². The zero-order chi connectivity index (χ0) is 23.3. The third-order valence-corrected chi connectivity index (χ3v) is 7.41. The molecule has 0 amide bonds. The number of hydrogen-bond donors (Lipinski definition) is 1. The highest BCUT2D eigenvalue weighted by molar-refractivity contribution is 7.90. The number of para-hydroxylation sites is 2. The van der Waals surface area contributed by atoms with Crippen LogP contribution in [0.15, 0.2) is 77.8 Å². The molecule has 0 aliphatic rings. The van der Waals surface area contributed by atoms with E-state index in [0.29, 0.717) is 36.5 Å². The Morgan fingerprint density at radius 1 is 0.939 bits per heavy atom. The summed E-state index contributed by atoms with van der Waals surface area (Å²) in [6.07, 6.45) is 3.60. The first-order chi connectivity index (χ1) is 16.0. The van der Waals surface area contributed by atoms with Crippen molar-refractivity contribution in [3.8, 4) is 0 Å². The van der Waals surface area contributed by atoms with E-state index < -0.39 is 10.0 Å². The topological polar surface area (TPSA) is 94.1 Å². The van der Waals surface area contributed by atoms with Gasteiger partial charge in [0.15, 0.2) is 0 Å². The van der Waals surface area contributed by atoms with Gasteiger partial charge in [0.1, 0.15) is 5.82 Å². The maximum atomic E-state index is 13.7. The van der Waals surface area contributed by atoms with Crippen molar-refractivity contribution in [2.45, 2.75) is 37.8 Å². The molecule has 0 radical (unpaired) electrons. The summed E-state index contributed by atoms with van der Waals surface area (Å²) in [4.78, 5) is 11.7. The molecule has 0 saturated carbocycles. The van der Waals surface area contributed by atoms with E-state index in [0.717, 1.165) is 30.6 Å². The van der Waals surface area contributed by atoms with Gasteiger partial charge in [-0.1, -0.05) is 36.4 Å². The Morgan fingerprint density at radius 3 is 2.45 bits per heavy atom. The van der Waals surface area contributed by atoms with Gasteiger partial charge in [-0.05, 0) is 68.8 Å². The molecule has 4 aromatic rings. The second kappa shape index (κ2) is 10.2. The highest BCUT2D eigenvalue weighted by Crippen LogP contribution is 2.24. The van der Waals surface area contributed by atoms with Gasteiger partial charge in [-0.25, -0.2) is 17.4 Å². The number of aromatic nitrogens is 3. The number of rotatable bonds is 10. The first kappa shape index (κ1) is 23.1. The summed E-state index contributed by atoms with van der Waals surface area (Å²) in [7, 11) is -3.81. The summed E-state index contributed by atoms with van der Waals surface area (Å²) in [5.41, 5.74) is 9.02. The molecule has 2 heterocycles. The summed E-state index contributed by atoms with van der Waals surface area (Å²) >= 11 is 0. The number of benzene rings is 2. The fourth-order valence-electron chi connectivity index (χ4n) is 3.91. The lowest BCUT2D eigenvalue weighted by molar-refractivity contribution is 0.242. The van der Waals surface area contributed by atoms with Crippen molar-refractivity contribution < 1.29 is 8.42 Å². The molecular formula is C25H29N5O2S. The van der Waals surface area contributed by atoms with Gasteiger partial charge < -0.3 is 5.73 Å². The maximum absolute atomic E-state index is 13.7. The van der Waals surface area contributed by atoms with E-state index in [9.17, 15) is 8.42 Å². The molecule has 0 saturated heterocycles. The van der Waals surface area contributed by atoms with Crippen LogP contribution in [0.25, 0.3) is 11.0 Å². The third kappa shape index (κ3) is 5.13. The lowest BCUT2D eigenvalue weighted by Crippen LogP contribution is -2.28. The average molecular weight is 464 g/mol. The van der Waals surface area contributed by atoms with Crippen molar-refractivity contribution in [2.24, 2.45) is 5.73 Å². The second-order valence-corrected chi connectivity index (χ2v) is 9.86. The van der Waals surface area contributed by atoms with Gasteiger partial charge in [0.2, 0.25) is 0 Å². The monoisotopic (exact) mass is 463 g/mol. The van der Waals surface area contributed by atoms with Crippen molar-refractivity contribution in [1.29, 1.82) is 0 Å². The van der Waals surface area contributed by atoms with Crippen LogP contribution in [0.2, 0.25) is 0 Å². The number of hydrogen-bond acceptors (Lipinski definition) is 6. The fraction of sp³-hybridized carbons (Fsp3) is 0.280. The van der Waals surface area contributed by atoms with Crippen LogP contribution in [0.1, 0.15) is 29.9 Å². The van der Waals surface area contributed by atoms with E-state index in [-0.39, 0.29) is 4.90 Å². The van der Waals surface area contributed by atoms with Crippen molar-refractivity contribution in [3.05, 3.63) is 90.0 Å². The molecule has 7 nitrogen and oxygen atoms in total. The van der Waals surface area contributed by atoms with Gasteiger partial charge in [-0.2, -0.15) is 0 Å². The van der Waals surface area contributed by atoms with Crippen molar-refractivity contribution >= 4 is 21.1 Å². The highest BCUT2D eigenvalue weighted by Gasteiger charge is 2.25. The molecule has 2 N–H and O–H groups in total. The Hall–Kier alpha value is -3.07. The molecular weight excluding hydrogens is 434 g/mol. The van der Waals surface area contributed by atoms with Crippen LogP contribution in [-0.2, 0) is 23.1 Å². The molecule has 0 atom stereocenters. The van der Waals surface area contributed by atoms with Crippen LogP contribution >= 0.6 is 0 Å². The summed E-state index contributed by atoms with van der Waals surface area (Å²) < 4.78 is 28.7. The lowest BCUT2D eigenvalue weighted by atomic mass is 10.2. The fourth-order valence-corrected chi connectivity index (χ4v) is 5.41. The van der Waals surface area contributed by atoms with Crippen LogP contribution in [-0.4, -0.2) is 40.3 Å². The van der Waals surface area contributed by atoms with Gasteiger partial charge in [0, 0.05) is 12.7 Å². The zero-order valence-electron chi connectivity index (χ0n) is 18.8. The van der Waals surface area contributed by atoms with Crippen LogP contribution in [0.4, 0.5) is 0 Å².